The highest BCUT2D eigenvalue weighted by atomic mass is 19.1. The van der Waals surface area contributed by atoms with Gasteiger partial charge in [-0.2, -0.15) is 0 Å². The van der Waals surface area contributed by atoms with Crippen LogP contribution < -0.4 is 11.1 Å². The predicted molar refractivity (Wildman–Crippen MR) is 123 cm³/mol. The number of benzene rings is 1. The van der Waals surface area contributed by atoms with Crippen LogP contribution in [0.4, 0.5) is 24.7 Å². The first-order valence-corrected chi connectivity index (χ1v) is 10.8. The Morgan fingerprint density at radius 2 is 1.91 bits per heavy atom. The summed E-state index contributed by atoms with van der Waals surface area (Å²) in [6.45, 7) is 3.05. The summed E-state index contributed by atoms with van der Waals surface area (Å²) < 4.78 is 39.0. The van der Waals surface area contributed by atoms with Crippen molar-refractivity contribution in [2.24, 2.45) is 0 Å². The number of aromatic nitrogens is 2. The standard InChI is InChI=1S/C12H11F2N3.C12H14FN3O/c1-16-12-10(15)4-5-11(17-12)8-3-2-7(13)6-9(8)14;13-11-5-15(6-11)7-12-1-9-3-16(8-17)4-10(9)2-14-12/h2-6H,15H2,1H3,(H,16,17);1-2,8,11H,3-7H2. The molecule has 178 valence electrons. The van der Waals surface area contributed by atoms with Gasteiger partial charge in [0, 0.05) is 57.6 Å². The van der Waals surface area contributed by atoms with Crippen LogP contribution in [0.2, 0.25) is 0 Å². The van der Waals surface area contributed by atoms with Gasteiger partial charge in [0.15, 0.2) is 0 Å². The molecule has 2 aromatic heterocycles. The van der Waals surface area contributed by atoms with Crippen LogP contribution in [0.3, 0.4) is 0 Å². The van der Waals surface area contributed by atoms with E-state index in [1.54, 1.807) is 24.1 Å². The molecule has 0 unspecified atom stereocenters. The summed E-state index contributed by atoms with van der Waals surface area (Å²) in [5.41, 5.74) is 10.0. The number of pyridine rings is 2. The Morgan fingerprint density at radius 1 is 1.15 bits per heavy atom. The van der Waals surface area contributed by atoms with E-state index in [9.17, 15) is 18.0 Å². The molecule has 2 aliphatic rings. The molecule has 7 nitrogen and oxygen atoms in total. The molecule has 0 bridgehead atoms. The third kappa shape index (κ3) is 5.28. The zero-order valence-corrected chi connectivity index (χ0v) is 18.6. The Labute approximate surface area is 195 Å². The van der Waals surface area contributed by atoms with Crippen LogP contribution in [0.25, 0.3) is 11.3 Å². The van der Waals surface area contributed by atoms with Crippen molar-refractivity contribution in [3.8, 4) is 11.3 Å². The van der Waals surface area contributed by atoms with Crippen LogP contribution in [-0.4, -0.2) is 52.5 Å². The largest absolute Gasteiger partial charge is 0.396 e. The third-order valence-corrected chi connectivity index (χ3v) is 5.70. The van der Waals surface area contributed by atoms with Crippen molar-refractivity contribution in [1.82, 2.24) is 19.8 Å². The van der Waals surface area contributed by atoms with E-state index in [4.69, 9.17) is 5.73 Å². The molecule has 5 rings (SSSR count). The van der Waals surface area contributed by atoms with Gasteiger partial charge in [0.05, 0.1) is 17.1 Å². The number of halogens is 3. The molecular weight excluding hydrogens is 445 g/mol. The first-order chi connectivity index (χ1) is 16.4. The highest BCUT2D eigenvalue weighted by Gasteiger charge is 2.27. The zero-order valence-electron chi connectivity index (χ0n) is 18.6. The summed E-state index contributed by atoms with van der Waals surface area (Å²) in [5, 5.41) is 2.80. The van der Waals surface area contributed by atoms with E-state index in [0.29, 0.717) is 49.9 Å². The fourth-order valence-corrected chi connectivity index (χ4v) is 3.90. The quantitative estimate of drug-likeness (QED) is 0.556. The molecule has 0 spiro atoms. The van der Waals surface area contributed by atoms with E-state index in [0.717, 1.165) is 23.7 Å². The summed E-state index contributed by atoms with van der Waals surface area (Å²) in [4.78, 5) is 23.0. The number of likely N-dealkylation sites (tertiary alicyclic amines) is 1. The van der Waals surface area contributed by atoms with Gasteiger partial charge in [0.1, 0.15) is 23.6 Å². The van der Waals surface area contributed by atoms with Gasteiger partial charge in [-0.15, -0.1) is 0 Å². The molecule has 1 fully saturated rings. The van der Waals surface area contributed by atoms with Gasteiger partial charge in [0.25, 0.3) is 0 Å². The summed E-state index contributed by atoms with van der Waals surface area (Å²) in [6, 6.07) is 8.61. The molecule has 1 amide bonds. The van der Waals surface area contributed by atoms with Crippen molar-refractivity contribution in [3.05, 3.63) is 71.1 Å². The molecule has 34 heavy (non-hydrogen) atoms. The minimum absolute atomic E-state index is 0.239. The third-order valence-electron chi connectivity index (χ3n) is 5.70. The normalized spacial score (nSPS) is 15.2. The Morgan fingerprint density at radius 3 is 2.59 bits per heavy atom. The fourth-order valence-electron chi connectivity index (χ4n) is 3.90. The summed E-state index contributed by atoms with van der Waals surface area (Å²) in [7, 11) is 1.67. The molecular formula is C24H25F3N6O. The van der Waals surface area contributed by atoms with E-state index < -0.39 is 17.8 Å². The molecule has 4 heterocycles. The van der Waals surface area contributed by atoms with Crippen LogP contribution in [0.5, 0.6) is 0 Å². The Hall–Kier alpha value is -3.66. The van der Waals surface area contributed by atoms with Crippen molar-refractivity contribution < 1.29 is 18.0 Å². The predicted octanol–water partition coefficient (Wildman–Crippen LogP) is 3.36. The number of rotatable bonds is 5. The number of fused-ring (bicyclic) bond motifs is 1. The molecule has 0 radical (unpaired) electrons. The topological polar surface area (TPSA) is 87.4 Å². The highest BCUT2D eigenvalue weighted by molar-refractivity contribution is 5.69. The monoisotopic (exact) mass is 470 g/mol. The van der Waals surface area contributed by atoms with Gasteiger partial charge in [-0.3, -0.25) is 14.7 Å². The fraction of sp³-hybridized carbons (Fsp3) is 0.292. The summed E-state index contributed by atoms with van der Waals surface area (Å²) in [5.74, 6) is -0.800. The molecule has 3 aromatic rings. The van der Waals surface area contributed by atoms with Crippen molar-refractivity contribution in [3.63, 3.8) is 0 Å². The lowest BCUT2D eigenvalue weighted by atomic mass is 10.1. The minimum Gasteiger partial charge on any atom is -0.396 e. The maximum atomic E-state index is 13.5. The van der Waals surface area contributed by atoms with E-state index >= 15 is 0 Å². The smallest absolute Gasteiger partial charge is 0.210 e. The van der Waals surface area contributed by atoms with E-state index in [1.807, 2.05) is 17.2 Å². The number of nitrogens with one attached hydrogen (secondary N) is 1. The number of amides is 1. The maximum Gasteiger partial charge on any atom is 0.210 e. The van der Waals surface area contributed by atoms with E-state index in [-0.39, 0.29) is 5.56 Å². The van der Waals surface area contributed by atoms with Gasteiger partial charge in [-0.05, 0) is 41.5 Å². The first-order valence-electron chi connectivity index (χ1n) is 10.8. The number of nitrogen functional groups attached to an aromatic ring is 1. The zero-order chi connectivity index (χ0) is 24.2. The van der Waals surface area contributed by atoms with E-state index in [2.05, 4.69) is 15.3 Å². The number of hydrogen-bond acceptors (Lipinski definition) is 6. The SMILES string of the molecule is CNc1nc(-c2ccc(F)cc2F)ccc1N.O=CN1Cc2cnc(CN3CC(F)C3)cc2C1. The van der Waals surface area contributed by atoms with Crippen LogP contribution in [-0.2, 0) is 24.4 Å². The Bertz CT molecular complexity index is 1190. The number of anilines is 2. The van der Waals surface area contributed by atoms with Gasteiger partial charge < -0.3 is 16.0 Å². The number of nitrogens with two attached hydrogens (primary N) is 1. The molecule has 0 atom stereocenters. The number of hydrogen-bond donors (Lipinski definition) is 2. The van der Waals surface area contributed by atoms with E-state index in [1.165, 1.54) is 17.7 Å². The molecule has 0 aliphatic carbocycles. The maximum absolute atomic E-state index is 13.5. The van der Waals surface area contributed by atoms with Gasteiger partial charge in [-0.25, -0.2) is 18.2 Å². The van der Waals surface area contributed by atoms with Crippen LogP contribution in [0, 0.1) is 11.6 Å². The van der Waals surface area contributed by atoms with Crippen molar-refractivity contribution in [2.45, 2.75) is 25.8 Å². The summed E-state index contributed by atoms with van der Waals surface area (Å²) in [6.07, 6.45) is 2.03. The molecule has 1 saturated heterocycles. The molecule has 0 saturated carbocycles. The second kappa shape index (κ2) is 10.1. The second-order valence-electron chi connectivity index (χ2n) is 8.25. The van der Waals surface area contributed by atoms with Crippen molar-refractivity contribution in [1.29, 1.82) is 0 Å². The van der Waals surface area contributed by atoms with Crippen LogP contribution in [0.1, 0.15) is 16.8 Å². The van der Waals surface area contributed by atoms with Gasteiger partial charge in [-0.1, -0.05) is 0 Å². The van der Waals surface area contributed by atoms with Crippen LogP contribution in [0.15, 0.2) is 42.6 Å². The Kier molecular flexibility index (Phi) is 6.97. The lowest BCUT2D eigenvalue weighted by Gasteiger charge is -2.33. The summed E-state index contributed by atoms with van der Waals surface area (Å²) >= 11 is 0. The van der Waals surface area contributed by atoms with Gasteiger partial charge >= 0.3 is 0 Å². The van der Waals surface area contributed by atoms with Gasteiger partial charge in [0.2, 0.25) is 6.41 Å². The number of carbonyl (C=O) groups excluding carboxylic acids is 1. The Balaban J connectivity index is 0.000000161. The number of alkyl halides is 1. The molecule has 3 N–H and O–H groups in total. The van der Waals surface area contributed by atoms with Crippen LogP contribution >= 0.6 is 0 Å². The average Bonchev–Trinajstić information content (AvgIpc) is 3.22. The lowest BCUT2D eigenvalue weighted by Crippen LogP contribution is -2.47. The minimum atomic E-state index is -0.671. The first kappa shape index (κ1) is 23.5. The average molecular weight is 470 g/mol. The highest BCUT2D eigenvalue weighted by Crippen LogP contribution is 2.26. The lowest BCUT2D eigenvalue weighted by molar-refractivity contribution is -0.118. The number of nitrogens with zero attached hydrogens (tertiary/aromatic N) is 4. The second-order valence-corrected chi connectivity index (χ2v) is 8.25. The van der Waals surface area contributed by atoms with Crippen molar-refractivity contribution >= 4 is 17.9 Å². The molecule has 2 aliphatic heterocycles. The molecule has 10 heteroatoms. The number of carbonyl (C=O) groups is 1. The molecule has 1 aromatic carbocycles. The van der Waals surface area contributed by atoms with Crippen molar-refractivity contribution in [2.75, 3.05) is 31.2 Å².